The zero-order valence-electron chi connectivity index (χ0n) is 10.6. The van der Waals surface area contributed by atoms with Crippen molar-refractivity contribution in [1.82, 2.24) is 5.32 Å². The fraction of sp³-hybridized carbons (Fsp3) is 0.143. The fourth-order valence-electron chi connectivity index (χ4n) is 1.74. The monoisotopic (exact) mass is 290 g/mol. The summed E-state index contributed by atoms with van der Waals surface area (Å²) in [5, 5.41) is 13.5. The molecule has 0 saturated heterocycles. The highest BCUT2D eigenvalue weighted by Crippen LogP contribution is 2.19. The molecule has 2 rings (SSSR count). The van der Waals surface area contributed by atoms with Crippen LogP contribution in [0.2, 0.25) is 0 Å². The maximum atomic E-state index is 11.9. The molecule has 2 aromatic rings. The highest BCUT2D eigenvalue weighted by atomic mass is 32.1. The van der Waals surface area contributed by atoms with Gasteiger partial charge in [-0.25, -0.2) is 4.79 Å². The number of carboxylic acids is 1. The Labute approximate surface area is 120 Å². The molecule has 0 radical (unpaired) electrons. The Kier molecular flexibility index (Phi) is 4.37. The summed E-state index contributed by atoms with van der Waals surface area (Å²) < 4.78 is 0. The maximum absolute atomic E-state index is 11.9. The van der Waals surface area contributed by atoms with Crippen molar-refractivity contribution >= 4 is 28.9 Å². The molecule has 1 atom stereocenters. The van der Waals surface area contributed by atoms with Gasteiger partial charge in [-0.2, -0.15) is 0 Å². The highest BCUT2D eigenvalue weighted by molar-refractivity contribution is 7.10. The van der Waals surface area contributed by atoms with Crippen LogP contribution in [0.25, 0.3) is 0 Å². The minimum absolute atomic E-state index is 0.120. The summed E-state index contributed by atoms with van der Waals surface area (Å²) in [5.74, 6) is -1.41. The van der Waals surface area contributed by atoms with E-state index in [0.29, 0.717) is 10.6 Å². The lowest BCUT2D eigenvalue weighted by Crippen LogP contribution is -2.34. The number of thiophene rings is 1. The first-order chi connectivity index (χ1) is 9.56. The fourth-order valence-corrected chi connectivity index (χ4v) is 2.51. The third-order valence-electron chi connectivity index (χ3n) is 2.72. The van der Waals surface area contributed by atoms with Crippen molar-refractivity contribution in [3.63, 3.8) is 0 Å². The number of nitrogens with two attached hydrogens (primary N) is 1. The molecule has 1 unspecified atom stereocenters. The van der Waals surface area contributed by atoms with Crippen LogP contribution in [0.5, 0.6) is 0 Å². The average Bonchev–Trinajstić information content (AvgIpc) is 2.92. The number of rotatable bonds is 5. The van der Waals surface area contributed by atoms with Gasteiger partial charge in [0.25, 0.3) is 0 Å². The zero-order valence-corrected chi connectivity index (χ0v) is 11.4. The number of benzene rings is 1. The summed E-state index contributed by atoms with van der Waals surface area (Å²) >= 11 is 1.30. The van der Waals surface area contributed by atoms with Gasteiger partial charge in [0.1, 0.15) is 0 Å². The van der Waals surface area contributed by atoms with Crippen LogP contribution in [0, 0.1) is 0 Å². The second kappa shape index (κ2) is 6.21. The molecule has 20 heavy (non-hydrogen) atoms. The summed E-state index contributed by atoms with van der Waals surface area (Å²) in [7, 11) is 0. The van der Waals surface area contributed by atoms with Crippen LogP contribution in [0.15, 0.2) is 41.8 Å². The van der Waals surface area contributed by atoms with Crippen LogP contribution in [0.3, 0.4) is 0 Å². The van der Waals surface area contributed by atoms with Gasteiger partial charge in [0.2, 0.25) is 5.91 Å². The molecule has 0 spiro atoms. The van der Waals surface area contributed by atoms with Gasteiger partial charge < -0.3 is 16.2 Å². The van der Waals surface area contributed by atoms with Crippen LogP contribution >= 0.6 is 11.3 Å². The lowest BCUT2D eigenvalue weighted by molar-refractivity contribution is -0.141. The maximum Gasteiger partial charge on any atom is 0.331 e. The van der Waals surface area contributed by atoms with Crippen molar-refractivity contribution in [1.29, 1.82) is 0 Å². The molecular formula is C14H14N2O3S. The predicted molar refractivity (Wildman–Crippen MR) is 77.4 cm³/mol. The van der Waals surface area contributed by atoms with Crippen molar-refractivity contribution in [2.45, 2.75) is 12.5 Å². The lowest BCUT2D eigenvalue weighted by atomic mass is 10.1. The van der Waals surface area contributed by atoms with Gasteiger partial charge in [-0.3, -0.25) is 4.79 Å². The number of anilines is 1. The molecule has 104 valence electrons. The molecule has 1 heterocycles. The van der Waals surface area contributed by atoms with Crippen LogP contribution in [-0.4, -0.2) is 17.0 Å². The van der Waals surface area contributed by atoms with E-state index in [0.717, 1.165) is 5.56 Å². The molecule has 0 bridgehead atoms. The zero-order chi connectivity index (χ0) is 14.5. The summed E-state index contributed by atoms with van der Waals surface area (Å²) in [5.41, 5.74) is 6.97. The Hall–Kier alpha value is -2.34. The molecule has 6 heteroatoms. The van der Waals surface area contributed by atoms with Gasteiger partial charge in [0, 0.05) is 10.6 Å². The van der Waals surface area contributed by atoms with E-state index < -0.39 is 12.0 Å². The third-order valence-corrected chi connectivity index (χ3v) is 3.66. The Morgan fingerprint density at radius 3 is 2.50 bits per heavy atom. The van der Waals surface area contributed by atoms with Gasteiger partial charge in [-0.05, 0) is 29.1 Å². The van der Waals surface area contributed by atoms with Crippen molar-refractivity contribution in [3.8, 4) is 0 Å². The standard InChI is InChI=1S/C14H14N2O3S/c15-10-5-3-9(4-6-10)8-12(17)16-13(14(18)19)11-2-1-7-20-11/h1-7,13H,8,15H2,(H,16,17)(H,18,19). The molecule has 1 amide bonds. The Morgan fingerprint density at radius 1 is 1.25 bits per heavy atom. The van der Waals surface area contributed by atoms with Crippen LogP contribution in [-0.2, 0) is 16.0 Å². The number of hydrogen-bond acceptors (Lipinski definition) is 4. The first-order valence-corrected chi connectivity index (χ1v) is 6.84. The van der Waals surface area contributed by atoms with Crippen molar-refractivity contribution in [3.05, 3.63) is 52.2 Å². The molecule has 5 nitrogen and oxygen atoms in total. The number of nitrogen functional groups attached to an aromatic ring is 1. The summed E-state index contributed by atoms with van der Waals surface area (Å²) in [6.07, 6.45) is 0.120. The minimum atomic E-state index is -1.07. The summed E-state index contributed by atoms with van der Waals surface area (Å²) in [4.78, 5) is 23.7. The SMILES string of the molecule is Nc1ccc(CC(=O)NC(C(=O)O)c2cccs2)cc1. The van der Waals surface area contributed by atoms with Crippen LogP contribution < -0.4 is 11.1 Å². The first-order valence-electron chi connectivity index (χ1n) is 5.96. The number of carbonyl (C=O) groups excluding carboxylic acids is 1. The Balaban J connectivity index is 2.02. The predicted octanol–water partition coefficient (Wildman–Crippen LogP) is 1.81. The number of nitrogens with one attached hydrogen (secondary N) is 1. The van der Waals surface area contributed by atoms with Gasteiger partial charge in [-0.15, -0.1) is 11.3 Å². The summed E-state index contributed by atoms with van der Waals surface area (Å²) in [6.45, 7) is 0. The van der Waals surface area contributed by atoms with Crippen molar-refractivity contribution < 1.29 is 14.7 Å². The van der Waals surface area contributed by atoms with E-state index in [1.807, 2.05) is 0 Å². The molecule has 1 aromatic heterocycles. The number of aliphatic carboxylic acids is 1. The number of carboxylic acid groups (broad SMARTS) is 1. The van der Waals surface area contributed by atoms with E-state index in [2.05, 4.69) is 5.32 Å². The minimum Gasteiger partial charge on any atom is -0.479 e. The number of amides is 1. The van der Waals surface area contributed by atoms with Gasteiger partial charge in [0.15, 0.2) is 6.04 Å². The number of carbonyl (C=O) groups is 2. The largest absolute Gasteiger partial charge is 0.479 e. The molecular weight excluding hydrogens is 276 g/mol. The van der Waals surface area contributed by atoms with E-state index in [-0.39, 0.29) is 12.3 Å². The van der Waals surface area contributed by atoms with Crippen LogP contribution in [0.1, 0.15) is 16.5 Å². The lowest BCUT2D eigenvalue weighted by Gasteiger charge is -2.13. The summed E-state index contributed by atoms with van der Waals surface area (Å²) in [6, 6.07) is 9.34. The molecule has 0 fully saturated rings. The molecule has 0 aliphatic heterocycles. The third kappa shape index (κ3) is 3.58. The molecule has 1 aromatic carbocycles. The van der Waals surface area contributed by atoms with E-state index in [9.17, 15) is 14.7 Å². The average molecular weight is 290 g/mol. The molecule has 0 saturated carbocycles. The van der Waals surface area contributed by atoms with Crippen molar-refractivity contribution in [2.24, 2.45) is 0 Å². The second-order valence-corrected chi connectivity index (χ2v) is 5.25. The van der Waals surface area contributed by atoms with Gasteiger partial charge in [0.05, 0.1) is 6.42 Å². The molecule has 0 aliphatic carbocycles. The van der Waals surface area contributed by atoms with Gasteiger partial charge >= 0.3 is 5.97 Å². The van der Waals surface area contributed by atoms with Crippen LogP contribution in [0.4, 0.5) is 5.69 Å². The quantitative estimate of drug-likeness (QED) is 0.732. The molecule has 0 aliphatic rings. The van der Waals surface area contributed by atoms with Crippen molar-refractivity contribution in [2.75, 3.05) is 5.73 Å². The Bertz CT molecular complexity index is 593. The second-order valence-electron chi connectivity index (χ2n) is 4.27. The van der Waals surface area contributed by atoms with E-state index >= 15 is 0 Å². The van der Waals surface area contributed by atoms with E-state index in [1.54, 1.807) is 41.8 Å². The normalized spacial score (nSPS) is 11.8. The van der Waals surface area contributed by atoms with E-state index in [4.69, 9.17) is 5.73 Å². The molecule has 4 N–H and O–H groups in total. The number of hydrogen-bond donors (Lipinski definition) is 3. The highest BCUT2D eigenvalue weighted by Gasteiger charge is 2.22. The van der Waals surface area contributed by atoms with Gasteiger partial charge in [-0.1, -0.05) is 18.2 Å². The smallest absolute Gasteiger partial charge is 0.331 e. The topological polar surface area (TPSA) is 92.4 Å². The first kappa shape index (κ1) is 14.1. The Morgan fingerprint density at radius 2 is 1.95 bits per heavy atom. The van der Waals surface area contributed by atoms with E-state index in [1.165, 1.54) is 11.3 Å².